The number of halogens is 2. The molecule has 1 aromatic carbocycles. The molecule has 0 bridgehead atoms. The van der Waals surface area contributed by atoms with Gasteiger partial charge in [-0.25, -0.2) is 14.4 Å². The van der Waals surface area contributed by atoms with Crippen LogP contribution < -0.4 is 9.64 Å². The summed E-state index contributed by atoms with van der Waals surface area (Å²) in [4.78, 5) is 21.5. The maximum absolute atomic E-state index is 13.9. The van der Waals surface area contributed by atoms with Crippen molar-refractivity contribution in [1.82, 2.24) is 9.97 Å². The molecule has 160 valence electrons. The van der Waals surface area contributed by atoms with Gasteiger partial charge in [0, 0.05) is 19.2 Å². The van der Waals surface area contributed by atoms with Crippen molar-refractivity contribution in [1.29, 1.82) is 0 Å². The monoisotopic (exact) mass is 433 g/mol. The number of carboxylic acid groups (broad SMARTS) is 1. The Morgan fingerprint density at radius 3 is 2.67 bits per heavy atom. The Bertz CT molecular complexity index is 888. The molecule has 2 atom stereocenters. The quantitative estimate of drug-likeness (QED) is 0.671. The second kappa shape index (κ2) is 9.16. The van der Waals surface area contributed by atoms with Crippen molar-refractivity contribution in [2.24, 2.45) is 17.8 Å². The molecule has 2 heterocycles. The number of ether oxygens (including phenoxy) is 1. The highest BCUT2D eigenvalue weighted by atomic mass is 35.5. The summed E-state index contributed by atoms with van der Waals surface area (Å²) < 4.78 is 19.6. The molecule has 30 heavy (non-hydrogen) atoms. The minimum Gasteiger partial charge on any atom is -0.493 e. The first-order valence-electron chi connectivity index (χ1n) is 10.3. The molecule has 1 aromatic heterocycles. The number of aromatic nitrogens is 2. The summed E-state index contributed by atoms with van der Waals surface area (Å²) >= 11 is 5.86. The molecule has 2 aliphatic rings. The van der Waals surface area contributed by atoms with Gasteiger partial charge in [0.25, 0.3) is 0 Å². The number of nitrogens with zero attached hydrogens (tertiary/aromatic N) is 3. The first-order chi connectivity index (χ1) is 14.5. The van der Waals surface area contributed by atoms with Gasteiger partial charge in [-0.1, -0.05) is 17.7 Å². The van der Waals surface area contributed by atoms with E-state index in [4.69, 9.17) is 21.4 Å². The predicted molar refractivity (Wildman–Crippen MR) is 111 cm³/mol. The van der Waals surface area contributed by atoms with Crippen LogP contribution in [-0.2, 0) is 11.2 Å². The fourth-order valence-corrected chi connectivity index (χ4v) is 4.53. The lowest BCUT2D eigenvalue weighted by Crippen LogP contribution is -2.35. The van der Waals surface area contributed by atoms with E-state index >= 15 is 0 Å². The molecule has 2 fully saturated rings. The van der Waals surface area contributed by atoms with Crippen LogP contribution in [0.25, 0.3) is 0 Å². The highest BCUT2D eigenvalue weighted by Gasteiger charge is 2.43. The predicted octanol–water partition coefficient (Wildman–Crippen LogP) is 4.22. The molecule has 2 aromatic rings. The van der Waals surface area contributed by atoms with Crippen LogP contribution in [0.3, 0.4) is 0 Å². The van der Waals surface area contributed by atoms with E-state index < -0.39 is 11.8 Å². The number of hydrogen-bond acceptors (Lipinski definition) is 5. The number of aliphatic carboxylic acids is 1. The van der Waals surface area contributed by atoms with E-state index in [0.717, 1.165) is 50.1 Å². The van der Waals surface area contributed by atoms with Crippen LogP contribution in [0.15, 0.2) is 30.6 Å². The van der Waals surface area contributed by atoms with Gasteiger partial charge in [-0.15, -0.1) is 0 Å². The average molecular weight is 434 g/mol. The molecule has 0 spiro atoms. The zero-order valence-corrected chi connectivity index (χ0v) is 17.4. The SMILES string of the molecule is O=C(O)Cc1ccc(OCCC2CC2C2CCN(c3ncc(Cl)cn3)CC2)cc1F. The fourth-order valence-electron chi connectivity index (χ4n) is 4.43. The maximum atomic E-state index is 13.9. The minimum atomic E-state index is -1.05. The molecule has 1 N–H and O–H groups in total. The summed E-state index contributed by atoms with van der Waals surface area (Å²) in [6.07, 6.45) is 7.44. The van der Waals surface area contributed by atoms with Crippen LogP contribution in [0, 0.1) is 23.6 Å². The molecular formula is C22H25ClFN3O3. The maximum Gasteiger partial charge on any atom is 0.307 e. The number of carbonyl (C=O) groups is 1. The number of piperidine rings is 1. The smallest absolute Gasteiger partial charge is 0.307 e. The van der Waals surface area contributed by atoms with Crippen LogP contribution in [0.4, 0.5) is 10.3 Å². The lowest BCUT2D eigenvalue weighted by molar-refractivity contribution is -0.136. The van der Waals surface area contributed by atoms with Gasteiger partial charge in [0.2, 0.25) is 5.95 Å². The van der Waals surface area contributed by atoms with Crippen molar-refractivity contribution < 1.29 is 19.0 Å². The molecule has 1 aliphatic heterocycles. The standard InChI is InChI=1S/C22H25ClFN3O3/c23-17-12-25-22(26-13-17)27-6-3-14(4-7-27)19-9-15(19)5-8-30-18-2-1-16(10-21(28)29)20(24)11-18/h1-2,11-15,19H,3-10H2,(H,28,29). The Hall–Kier alpha value is -2.41. The molecule has 1 aliphatic carbocycles. The van der Waals surface area contributed by atoms with E-state index in [9.17, 15) is 9.18 Å². The Morgan fingerprint density at radius 2 is 2.00 bits per heavy atom. The van der Waals surface area contributed by atoms with Crippen LogP contribution in [0.5, 0.6) is 5.75 Å². The summed E-state index contributed by atoms with van der Waals surface area (Å²) in [5.41, 5.74) is 0.174. The topological polar surface area (TPSA) is 75.6 Å². The first-order valence-corrected chi connectivity index (χ1v) is 10.7. The number of carboxylic acids is 1. The summed E-state index contributed by atoms with van der Waals surface area (Å²) in [7, 11) is 0. The summed E-state index contributed by atoms with van der Waals surface area (Å²) in [6.45, 7) is 2.48. The zero-order valence-electron chi connectivity index (χ0n) is 16.6. The van der Waals surface area contributed by atoms with Gasteiger partial charge in [-0.05, 0) is 55.1 Å². The van der Waals surface area contributed by atoms with Gasteiger partial charge in [0.05, 0.1) is 30.4 Å². The molecule has 4 rings (SSSR count). The van der Waals surface area contributed by atoms with Gasteiger partial charge >= 0.3 is 5.97 Å². The Balaban J connectivity index is 1.18. The van der Waals surface area contributed by atoms with E-state index in [1.807, 2.05) is 0 Å². The number of benzene rings is 1. The van der Waals surface area contributed by atoms with E-state index in [2.05, 4.69) is 14.9 Å². The van der Waals surface area contributed by atoms with Crippen molar-refractivity contribution in [3.05, 3.63) is 47.0 Å². The molecule has 2 unspecified atom stereocenters. The van der Waals surface area contributed by atoms with E-state index in [1.54, 1.807) is 18.5 Å². The second-order valence-electron chi connectivity index (χ2n) is 8.15. The van der Waals surface area contributed by atoms with Gasteiger partial charge in [0.1, 0.15) is 11.6 Å². The van der Waals surface area contributed by atoms with Crippen LogP contribution >= 0.6 is 11.6 Å². The Kier molecular flexibility index (Phi) is 6.37. The first kappa shape index (κ1) is 20.8. The number of rotatable bonds is 8. The van der Waals surface area contributed by atoms with Crippen molar-refractivity contribution in [2.75, 3.05) is 24.6 Å². The third-order valence-corrected chi connectivity index (χ3v) is 6.33. The minimum absolute atomic E-state index is 0.174. The molecular weight excluding hydrogens is 409 g/mol. The molecule has 6 nitrogen and oxygen atoms in total. The van der Waals surface area contributed by atoms with Crippen LogP contribution in [-0.4, -0.2) is 40.7 Å². The van der Waals surface area contributed by atoms with Gasteiger partial charge in [0.15, 0.2) is 0 Å². The normalized spacial score (nSPS) is 21.5. The molecule has 0 amide bonds. The molecule has 8 heteroatoms. The number of hydrogen-bond donors (Lipinski definition) is 1. The zero-order chi connectivity index (χ0) is 21.1. The number of anilines is 1. The average Bonchev–Trinajstić information content (AvgIpc) is 3.50. The largest absolute Gasteiger partial charge is 0.493 e. The van der Waals surface area contributed by atoms with E-state index in [1.165, 1.54) is 18.6 Å². The third-order valence-electron chi connectivity index (χ3n) is 6.14. The second-order valence-corrected chi connectivity index (χ2v) is 8.58. The van der Waals surface area contributed by atoms with E-state index in [-0.39, 0.29) is 12.0 Å². The van der Waals surface area contributed by atoms with Gasteiger partial charge in [-0.3, -0.25) is 4.79 Å². The summed E-state index contributed by atoms with van der Waals surface area (Å²) in [6, 6.07) is 4.40. The highest BCUT2D eigenvalue weighted by molar-refractivity contribution is 6.30. The summed E-state index contributed by atoms with van der Waals surface area (Å²) in [5, 5.41) is 9.32. The Morgan fingerprint density at radius 1 is 1.27 bits per heavy atom. The van der Waals surface area contributed by atoms with Gasteiger partial charge in [-0.2, -0.15) is 0 Å². The molecule has 0 radical (unpaired) electrons. The van der Waals surface area contributed by atoms with Gasteiger partial charge < -0.3 is 14.7 Å². The molecule has 1 saturated heterocycles. The van der Waals surface area contributed by atoms with Crippen molar-refractivity contribution in [2.45, 2.75) is 32.1 Å². The van der Waals surface area contributed by atoms with Crippen molar-refractivity contribution in [3.63, 3.8) is 0 Å². The van der Waals surface area contributed by atoms with Crippen LogP contribution in [0.1, 0.15) is 31.2 Å². The van der Waals surface area contributed by atoms with Crippen molar-refractivity contribution in [3.8, 4) is 5.75 Å². The Labute approximate surface area is 180 Å². The molecule has 1 saturated carbocycles. The van der Waals surface area contributed by atoms with Crippen molar-refractivity contribution >= 4 is 23.5 Å². The third kappa shape index (κ3) is 5.19. The summed E-state index contributed by atoms with van der Waals surface area (Å²) in [5.74, 6) is 1.77. The fraction of sp³-hybridized carbons (Fsp3) is 0.500. The lowest BCUT2D eigenvalue weighted by atomic mass is 9.90. The van der Waals surface area contributed by atoms with E-state index in [0.29, 0.717) is 23.3 Å². The van der Waals surface area contributed by atoms with Crippen LogP contribution in [0.2, 0.25) is 5.02 Å². The lowest BCUT2D eigenvalue weighted by Gasteiger charge is -2.32. The highest BCUT2D eigenvalue weighted by Crippen LogP contribution is 2.49.